The number of carbonyl (C=O) groups excluding carboxylic acids is 1. The third-order valence-electron chi connectivity index (χ3n) is 4.25. The summed E-state index contributed by atoms with van der Waals surface area (Å²) in [4.78, 5) is 14.6. The van der Waals surface area contributed by atoms with E-state index in [1.165, 1.54) is 48.4 Å². The molecule has 0 unspecified atom stereocenters. The maximum Gasteiger partial charge on any atom is 0.263 e. The Morgan fingerprint density at radius 3 is 2.71 bits per heavy atom. The van der Waals surface area contributed by atoms with E-state index in [1.807, 2.05) is 6.92 Å². The molecule has 152 valence electrons. The third-order valence-corrected chi connectivity index (χ3v) is 7.57. The number of nitrogens with one attached hydrogen (secondary N) is 1. The largest absolute Gasteiger partial charge is 0.496 e. The molecule has 2 aromatic rings. The summed E-state index contributed by atoms with van der Waals surface area (Å²) in [6.07, 6.45) is 2.99. The molecule has 1 N–H and O–H groups in total. The Morgan fingerprint density at radius 1 is 1.29 bits per heavy atom. The first kappa shape index (κ1) is 20.9. The number of methoxy groups -OCH3 is 1. The van der Waals surface area contributed by atoms with Gasteiger partial charge in [-0.3, -0.25) is 9.52 Å². The Labute approximate surface area is 172 Å². The summed E-state index contributed by atoms with van der Waals surface area (Å²) < 4.78 is 34.0. The topological polar surface area (TPSA) is 101 Å². The maximum atomic E-state index is 12.9. The van der Waals surface area contributed by atoms with E-state index in [9.17, 15) is 13.2 Å². The lowest BCUT2D eigenvalue weighted by Gasteiger charge is -2.27. The van der Waals surface area contributed by atoms with E-state index in [-0.39, 0.29) is 21.5 Å². The van der Waals surface area contributed by atoms with E-state index < -0.39 is 10.0 Å². The number of hydrogen-bond donors (Lipinski definition) is 1. The first-order valence-electron chi connectivity index (χ1n) is 8.91. The van der Waals surface area contributed by atoms with Crippen molar-refractivity contribution in [3.8, 4) is 5.75 Å². The van der Waals surface area contributed by atoms with Gasteiger partial charge in [-0.2, -0.15) is 0 Å². The fraction of sp³-hybridized carbons (Fsp3) is 0.471. The molecule has 0 bridgehead atoms. The number of rotatable bonds is 7. The summed E-state index contributed by atoms with van der Waals surface area (Å²) >= 11 is 2.66. The van der Waals surface area contributed by atoms with Crippen molar-refractivity contribution in [2.24, 2.45) is 0 Å². The van der Waals surface area contributed by atoms with Gasteiger partial charge in [-0.05, 0) is 43.2 Å². The molecule has 1 aliphatic heterocycles. The van der Waals surface area contributed by atoms with Crippen molar-refractivity contribution in [3.63, 3.8) is 0 Å². The van der Waals surface area contributed by atoms with Crippen molar-refractivity contribution >= 4 is 44.2 Å². The Kier molecular flexibility index (Phi) is 6.78. The van der Waals surface area contributed by atoms with Crippen LogP contribution in [0.4, 0.5) is 5.13 Å². The number of ether oxygens (including phenoxy) is 1. The summed E-state index contributed by atoms with van der Waals surface area (Å²) in [5.41, 5.74) is 0.242. The lowest BCUT2D eigenvalue weighted by molar-refractivity contribution is 0.0720. The fourth-order valence-corrected chi connectivity index (χ4v) is 5.80. The van der Waals surface area contributed by atoms with Gasteiger partial charge in [0.05, 0.1) is 17.6 Å². The second-order valence-corrected chi connectivity index (χ2v) is 10.3. The van der Waals surface area contributed by atoms with Crippen LogP contribution in [0.15, 0.2) is 27.4 Å². The summed E-state index contributed by atoms with van der Waals surface area (Å²) in [7, 11) is -2.44. The van der Waals surface area contributed by atoms with Crippen LogP contribution in [-0.4, -0.2) is 55.4 Å². The zero-order valence-corrected chi connectivity index (χ0v) is 18.1. The minimum Gasteiger partial charge on any atom is -0.496 e. The van der Waals surface area contributed by atoms with Gasteiger partial charge in [-0.15, -0.1) is 10.2 Å². The smallest absolute Gasteiger partial charge is 0.263 e. The molecule has 0 aliphatic carbocycles. The van der Waals surface area contributed by atoms with Gasteiger partial charge in [-0.25, -0.2) is 8.42 Å². The number of carbonyl (C=O) groups is 1. The highest BCUT2D eigenvalue weighted by atomic mass is 32.2. The monoisotopic (exact) mass is 442 g/mol. The van der Waals surface area contributed by atoms with Crippen LogP contribution in [0.2, 0.25) is 0 Å². The number of piperidine rings is 1. The van der Waals surface area contributed by atoms with E-state index >= 15 is 0 Å². The summed E-state index contributed by atoms with van der Waals surface area (Å²) in [5.74, 6) is 0.959. The normalized spacial score (nSPS) is 14.7. The van der Waals surface area contributed by atoms with E-state index in [2.05, 4.69) is 14.9 Å². The molecule has 11 heteroatoms. The molecule has 0 atom stereocenters. The molecule has 1 aromatic carbocycles. The van der Waals surface area contributed by atoms with Crippen molar-refractivity contribution in [2.45, 2.75) is 35.4 Å². The lowest BCUT2D eigenvalue weighted by atomic mass is 10.1. The van der Waals surface area contributed by atoms with Crippen LogP contribution in [0, 0.1) is 0 Å². The zero-order chi connectivity index (χ0) is 20.1. The van der Waals surface area contributed by atoms with E-state index in [1.54, 1.807) is 4.90 Å². The molecule has 3 rings (SSSR count). The van der Waals surface area contributed by atoms with Crippen molar-refractivity contribution in [3.05, 3.63) is 23.8 Å². The van der Waals surface area contributed by atoms with Crippen molar-refractivity contribution in [1.82, 2.24) is 15.1 Å². The van der Waals surface area contributed by atoms with E-state index in [0.717, 1.165) is 25.0 Å². The molecule has 2 heterocycles. The highest BCUT2D eigenvalue weighted by Gasteiger charge is 2.25. The number of amides is 1. The van der Waals surface area contributed by atoms with Crippen LogP contribution in [0.5, 0.6) is 5.75 Å². The number of anilines is 1. The highest BCUT2D eigenvalue weighted by molar-refractivity contribution is 8.01. The SMILES string of the molecule is CCSc1nnc(NS(=O)(=O)c2ccc(OC)c(C(=O)N3CCCCC3)c2)s1. The standard InChI is InChI=1S/C17H22N4O4S3/c1-3-26-17-19-18-16(27-17)20-28(23,24)12-7-8-14(25-2)13(11-12)15(22)21-9-5-4-6-10-21/h7-8,11H,3-6,9-10H2,1-2H3,(H,18,20). The summed E-state index contributed by atoms with van der Waals surface area (Å²) in [6.45, 7) is 3.31. The number of aromatic nitrogens is 2. The predicted molar refractivity (Wildman–Crippen MR) is 110 cm³/mol. The average Bonchev–Trinajstić information content (AvgIpc) is 3.14. The van der Waals surface area contributed by atoms with E-state index in [4.69, 9.17) is 4.74 Å². The molecule has 0 saturated carbocycles. The van der Waals surface area contributed by atoms with Crippen molar-refractivity contribution in [2.75, 3.05) is 30.7 Å². The minimum absolute atomic E-state index is 0.0199. The van der Waals surface area contributed by atoms with Crippen LogP contribution in [-0.2, 0) is 10.0 Å². The Morgan fingerprint density at radius 2 is 2.04 bits per heavy atom. The predicted octanol–water partition coefficient (Wildman–Crippen LogP) is 3.09. The lowest BCUT2D eigenvalue weighted by Crippen LogP contribution is -2.35. The van der Waals surface area contributed by atoms with Gasteiger partial charge in [0.25, 0.3) is 15.9 Å². The highest BCUT2D eigenvalue weighted by Crippen LogP contribution is 2.29. The number of sulfonamides is 1. The van der Waals surface area contributed by atoms with Gasteiger partial charge >= 0.3 is 0 Å². The first-order chi connectivity index (χ1) is 13.4. The number of hydrogen-bond acceptors (Lipinski definition) is 8. The van der Waals surface area contributed by atoms with Gasteiger partial charge in [0.1, 0.15) is 5.75 Å². The maximum absolute atomic E-state index is 12.9. The summed E-state index contributed by atoms with van der Waals surface area (Å²) in [5, 5.41) is 8.00. The molecular weight excluding hydrogens is 420 g/mol. The zero-order valence-electron chi connectivity index (χ0n) is 15.7. The third kappa shape index (κ3) is 4.76. The molecule has 1 aromatic heterocycles. The van der Waals surface area contributed by atoms with Crippen molar-refractivity contribution < 1.29 is 17.9 Å². The Hall–Kier alpha value is -1.85. The molecule has 1 amide bonds. The van der Waals surface area contributed by atoms with Gasteiger partial charge in [0.15, 0.2) is 4.34 Å². The number of nitrogens with zero attached hydrogens (tertiary/aromatic N) is 3. The molecule has 28 heavy (non-hydrogen) atoms. The van der Waals surface area contributed by atoms with E-state index in [0.29, 0.717) is 23.2 Å². The first-order valence-corrected chi connectivity index (χ1v) is 12.2. The quantitative estimate of drug-likeness (QED) is 0.658. The number of benzene rings is 1. The van der Waals surface area contributed by atoms with Crippen LogP contribution >= 0.6 is 23.1 Å². The number of likely N-dealkylation sites (tertiary alicyclic amines) is 1. The van der Waals surface area contributed by atoms with Gasteiger partial charge in [-0.1, -0.05) is 30.0 Å². The molecule has 0 spiro atoms. The molecule has 1 saturated heterocycles. The molecule has 1 aliphatic rings. The van der Waals surface area contributed by atoms with Crippen molar-refractivity contribution in [1.29, 1.82) is 0 Å². The minimum atomic E-state index is -3.90. The summed E-state index contributed by atoms with van der Waals surface area (Å²) in [6, 6.07) is 4.28. The Balaban J connectivity index is 1.87. The molecular formula is C17H22N4O4S3. The molecule has 0 radical (unpaired) electrons. The molecule has 8 nitrogen and oxygen atoms in total. The second kappa shape index (κ2) is 9.10. The van der Waals surface area contributed by atoms with Gasteiger partial charge < -0.3 is 9.64 Å². The number of thioether (sulfide) groups is 1. The van der Waals surface area contributed by atoms with Gasteiger partial charge in [0, 0.05) is 13.1 Å². The fourth-order valence-electron chi connectivity index (χ4n) is 2.90. The average molecular weight is 443 g/mol. The van der Waals surface area contributed by atoms with Crippen LogP contribution in [0.1, 0.15) is 36.5 Å². The van der Waals surface area contributed by atoms with Crippen LogP contribution in [0.25, 0.3) is 0 Å². The Bertz CT molecular complexity index is 940. The molecule has 1 fully saturated rings. The van der Waals surface area contributed by atoms with Crippen LogP contribution < -0.4 is 9.46 Å². The van der Waals surface area contributed by atoms with Crippen LogP contribution in [0.3, 0.4) is 0 Å². The second-order valence-electron chi connectivity index (χ2n) is 6.13. The van der Waals surface area contributed by atoms with Gasteiger partial charge in [0.2, 0.25) is 5.13 Å².